The lowest BCUT2D eigenvalue weighted by molar-refractivity contribution is -0.118. The van der Waals surface area contributed by atoms with E-state index in [1.807, 2.05) is 31.2 Å². The van der Waals surface area contributed by atoms with Crippen LogP contribution in [0.2, 0.25) is 0 Å². The van der Waals surface area contributed by atoms with Crippen molar-refractivity contribution in [2.24, 2.45) is 0 Å². The Morgan fingerprint density at radius 2 is 1.74 bits per heavy atom. The van der Waals surface area contributed by atoms with Crippen LogP contribution in [-0.4, -0.2) is 25.0 Å². The molecule has 0 fully saturated rings. The van der Waals surface area contributed by atoms with E-state index in [0.717, 1.165) is 24.2 Å². The first-order valence-electron chi connectivity index (χ1n) is 9.45. The summed E-state index contributed by atoms with van der Waals surface area (Å²) in [5.41, 5.74) is 2.02. The second kappa shape index (κ2) is 10.4. The van der Waals surface area contributed by atoms with Gasteiger partial charge in [0.05, 0.1) is 11.3 Å². The molecule has 2 rings (SSSR count). The predicted molar refractivity (Wildman–Crippen MR) is 108 cm³/mol. The second-order valence-corrected chi connectivity index (χ2v) is 6.49. The third kappa shape index (κ3) is 5.84. The van der Waals surface area contributed by atoms with E-state index in [1.54, 1.807) is 24.3 Å². The van der Waals surface area contributed by atoms with Gasteiger partial charge in [-0.3, -0.25) is 9.59 Å². The van der Waals surface area contributed by atoms with Crippen LogP contribution in [0.5, 0.6) is 5.75 Å². The van der Waals surface area contributed by atoms with Crippen molar-refractivity contribution in [1.82, 2.24) is 5.32 Å². The quantitative estimate of drug-likeness (QED) is 0.691. The first-order chi connectivity index (χ1) is 13.1. The van der Waals surface area contributed by atoms with Crippen LogP contribution >= 0.6 is 0 Å². The summed E-state index contributed by atoms with van der Waals surface area (Å²) in [6.45, 7) is 6.72. The molecule has 0 aliphatic carbocycles. The minimum absolute atomic E-state index is 0.113. The van der Waals surface area contributed by atoms with Crippen molar-refractivity contribution in [2.45, 2.75) is 39.5 Å². The summed E-state index contributed by atoms with van der Waals surface area (Å²) < 4.78 is 5.75. The molecule has 0 aliphatic heterocycles. The maximum Gasteiger partial charge on any atom is 0.262 e. The zero-order chi connectivity index (χ0) is 19.6. The number of para-hydroxylation sites is 2. The topological polar surface area (TPSA) is 67.4 Å². The highest BCUT2D eigenvalue weighted by molar-refractivity contribution is 6.04. The Morgan fingerprint density at radius 3 is 2.48 bits per heavy atom. The molecule has 0 radical (unpaired) electrons. The fourth-order valence-electron chi connectivity index (χ4n) is 2.69. The number of hydrogen-bond donors (Lipinski definition) is 2. The largest absolute Gasteiger partial charge is 0.483 e. The Balaban J connectivity index is 2.02. The van der Waals surface area contributed by atoms with E-state index in [9.17, 15) is 9.59 Å². The number of ether oxygens (including phenoxy) is 1. The zero-order valence-corrected chi connectivity index (χ0v) is 16.2. The van der Waals surface area contributed by atoms with Crippen molar-refractivity contribution in [3.05, 3.63) is 59.7 Å². The molecule has 0 spiro atoms. The summed E-state index contributed by atoms with van der Waals surface area (Å²) in [7, 11) is 0. The van der Waals surface area contributed by atoms with Crippen LogP contribution in [0.1, 0.15) is 55.5 Å². The van der Waals surface area contributed by atoms with E-state index < -0.39 is 0 Å². The molecule has 2 amide bonds. The highest BCUT2D eigenvalue weighted by atomic mass is 16.5. The third-order valence-electron chi connectivity index (χ3n) is 4.40. The average molecular weight is 368 g/mol. The first kappa shape index (κ1) is 20.5. The fourth-order valence-corrected chi connectivity index (χ4v) is 2.69. The number of carbonyl (C=O) groups is 2. The Kier molecular flexibility index (Phi) is 7.86. The molecule has 0 bridgehead atoms. The van der Waals surface area contributed by atoms with Crippen molar-refractivity contribution in [3.8, 4) is 5.75 Å². The van der Waals surface area contributed by atoms with Crippen LogP contribution in [0.25, 0.3) is 0 Å². The summed E-state index contributed by atoms with van der Waals surface area (Å²) in [6.07, 6.45) is 1.84. The summed E-state index contributed by atoms with van der Waals surface area (Å²) in [4.78, 5) is 24.6. The van der Waals surface area contributed by atoms with Gasteiger partial charge in [-0.05, 0) is 42.5 Å². The van der Waals surface area contributed by atoms with E-state index in [1.165, 1.54) is 0 Å². The zero-order valence-electron chi connectivity index (χ0n) is 16.2. The SMILES string of the molecule is CCCNC(=O)c1ccccc1NC(=O)COc1ccccc1C(C)CC. The molecule has 0 saturated heterocycles. The second-order valence-electron chi connectivity index (χ2n) is 6.49. The van der Waals surface area contributed by atoms with Crippen molar-refractivity contribution in [1.29, 1.82) is 0 Å². The van der Waals surface area contributed by atoms with Gasteiger partial charge in [-0.25, -0.2) is 0 Å². The van der Waals surface area contributed by atoms with E-state index >= 15 is 0 Å². The molecule has 144 valence electrons. The smallest absolute Gasteiger partial charge is 0.262 e. The molecule has 2 N–H and O–H groups in total. The molecule has 0 saturated carbocycles. The van der Waals surface area contributed by atoms with E-state index in [2.05, 4.69) is 24.5 Å². The lowest BCUT2D eigenvalue weighted by atomic mass is 9.98. The van der Waals surface area contributed by atoms with Gasteiger partial charge in [-0.1, -0.05) is 51.1 Å². The normalized spacial score (nSPS) is 11.5. The predicted octanol–water partition coefficient (Wildman–Crippen LogP) is 4.36. The average Bonchev–Trinajstić information content (AvgIpc) is 2.70. The number of carbonyl (C=O) groups excluding carboxylic acids is 2. The summed E-state index contributed by atoms with van der Waals surface area (Å²) in [6, 6.07) is 14.7. The van der Waals surface area contributed by atoms with Gasteiger partial charge in [0.15, 0.2) is 6.61 Å². The summed E-state index contributed by atoms with van der Waals surface area (Å²) in [5, 5.41) is 5.60. The maximum absolute atomic E-state index is 12.4. The molecule has 27 heavy (non-hydrogen) atoms. The molecule has 2 aromatic rings. The van der Waals surface area contributed by atoms with Gasteiger partial charge in [-0.2, -0.15) is 0 Å². The van der Waals surface area contributed by atoms with Crippen LogP contribution in [0.4, 0.5) is 5.69 Å². The van der Waals surface area contributed by atoms with Gasteiger partial charge in [-0.15, -0.1) is 0 Å². The molecule has 5 nitrogen and oxygen atoms in total. The van der Waals surface area contributed by atoms with E-state index in [-0.39, 0.29) is 18.4 Å². The molecule has 0 heterocycles. The van der Waals surface area contributed by atoms with Crippen LogP contribution < -0.4 is 15.4 Å². The number of rotatable bonds is 9. The molecular formula is C22H28N2O3. The highest BCUT2D eigenvalue weighted by Crippen LogP contribution is 2.28. The molecular weight excluding hydrogens is 340 g/mol. The number of amides is 2. The van der Waals surface area contributed by atoms with Crippen molar-refractivity contribution >= 4 is 17.5 Å². The van der Waals surface area contributed by atoms with Gasteiger partial charge in [0, 0.05) is 6.54 Å². The first-order valence-corrected chi connectivity index (χ1v) is 9.45. The molecule has 5 heteroatoms. The highest BCUT2D eigenvalue weighted by Gasteiger charge is 2.14. The number of hydrogen-bond acceptors (Lipinski definition) is 3. The maximum atomic E-state index is 12.4. The fraction of sp³-hybridized carbons (Fsp3) is 0.364. The molecule has 2 aromatic carbocycles. The minimum atomic E-state index is -0.301. The van der Waals surface area contributed by atoms with Crippen LogP contribution in [0, 0.1) is 0 Å². The Hall–Kier alpha value is -2.82. The van der Waals surface area contributed by atoms with Crippen LogP contribution in [-0.2, 0) is 4.79 Å². The van der Waals surface area contributed by atoms with Crippen molar-refractivity contribution in [3.63, 3.8) is 0 Å². The summed E-state index contributed by atoms with van der Waals surface area (Å²) in [5.74, 6) is 0.573. The lowest BCUT2D eigenvalue weighted by Crippen LogP contribution is -2.27. The van der Waals surface area contributed by atoms with Crippen LogP contribution in [0.3, 0.4) is 0 Å². The van der Waals surface area contributed by atoms with Crippen molar-refractivity contribution < 1.29 is 14.3 Å². The number of nitrogens with one attached hydrogen (secondary N) is 2. The monoisotopic (exact) mass is 368 g/mol. The van der Waals surface area contributed by atoms with E-state index in [4.69, 9.17) is 4.74 Å². The van der Waals surface area contributed by atoms with Gasteiger partial charge in [0.1, 0.15) is 5.75 Å². The van der Waals surface area contributed by atoms with Crippen LogP contribution in [0.15, 0.2) is 48.5 Å². The van der Waals surface area contributed by atoms with Crippen molar-refractivity contribution in [2.75, 3.05) is 18.5 Å². The number of benzene rings is 2. The third-order valence-corrected chi connectivity index (χ3v) is 4.40. The van der Waals surface area contributed by atoms with Gasteiger partial charge < -0.3 is 15.4 Å². The Morgan fingerprint density at radius 1 is 1.04 bits per heavy atom. The lowest BCUT2D eigenvalue weighted by Gasteiger charge is -2.16. The minimum Gasteiger partial charge on any atom is -0.483 e. The number of anilines is 1. The van der Waals surface area contributed by atoms with Gasteiger partial charge in [0.2, 0.25) is 0 Å². The molecule has 1 atom stereocenters. The standard InChI is InChI=1S/C22H28N2O3/c1-4-14-23-22(26)18-11-6-8-12-19(18)24-21(25)15-27-20-13-9-7-10-17(20)16(3)5-2/h6-13,16H,4-5,14-15H2,1-3H3,(H,23,26)(H,24,25). The Labute approximate surface area is 161 Å². The summed E-state index contributed by atoms with van der Waals surface area (Å²) >= 11 is 0. The molecule has 1 unspecified atom stereocenters. The molecule has 0 aliphatic rings. The Bertz CT molecular complexity index is 774. The van der Waals surface area contributed by atoms with Gasteiger partial charge in [0.25, 0.3) is 11.8 Å². The molecule has 0 aromatic heterocycles. The van der Waals surface area contributed by atoms with Gasteiger partial charge >= 0.3 is 0 Å². The van der Waals surface area contributed by atoms with E-state index in [0.29, 0.717) is 23.7 Å².